The fourth-order valence-electron chi connectivity index (χ4n) is 3.77. The van der Waals surface area contributed by atoms with Crippen molar-refractivity contribution in [3.05, 3.63) is 28.3 Å². The summed E-state index contributed by atoms with van der Waals surface area (Å²) >= 11 is 0. The second kappa shape index (κ2) is 9.27. The minimum atomic E-state index is -2.02. The van der Waals surface area contributed by atoms with Gasteiger partial charge in [0.1, 0.15) is 35.5 Å². The summed E-state index contributed by atoms with van der Waals surface area (Å²) < 4.78 is 20.1. The Hall–Kier alpha value is -4.10. The van der Waals surface area contributed by atoms with Crippen molar-refractivity contribution in [1.29, 1.82) is 0 Å². The Morgan fingerprint density at radius 1 is 0.714 bits per heavy atom. The summed E-state index contributed by atoms with van der Waals surface area (Å²) in [5, 5.41) is 73.6. The van der Waals surface area contributed by atoms with E-state index in [2.05, 4.69) is 0 Å². The van der Waals surface area contributed by atoms with Gasteiger partial charge in [0.25, 0.3) is 0 Å². The molecule has 0 unspecified atom stereocenters. The predicted molar refractivity (Wildman–Crippen MR) is 114 cm³/mol. The number of aliphatic hydroxyl groups excluding tert-OH is 2. The van der Waals surface area contributed by atoms with Crippen molar-refractivity contribution < 1.29 is 64.3 Å². The molecule has 1 aliphatic heterocycles. The molecule has 0 saturated heterocycles. The van der Waals surface area contributed by atoms with Crippen molar-refractivity contribution >= 4 is 11.9 Å². The first kappa shape index (κ1) is 25.5. The summed E-state index contributed by atoms with van der Waals surface area (Å²) in [4.78, 5) is 26.0. The Kier molecular flexibility index (Phi) is 6.76. The lowest BCUT2D eigenvalue weighted by Gasteiger charge is -2.28. The summed E-state index contributed by atoms with van der Waals surface area (Å²) in [7, 11) is 2.13. The minimum Gasteiger partial charge on any atom is -0.504 e. The molecule has 0 bridgehead atoms. The lowest BCUT2D eigenvalue weighted by Crippen LogP contribution is -2.30. The molecule has 4 atom stereocenters. The van der Waals surface area contributed by atoms with Crippen molar-refractivity contribution in [1.82, 2.24) is 0 Å². The molecule has 7 N–H and O–H groups in total. The second-order valence-corrected chi connectivity index (χ2v) is 7.72. The molecule has 0 saturated carbocycles. The van der Waals surface area contributed by atoms with Crippen molar-refractivity contribution in [2.24, 2.45) is 0 Å². The number of aromatic hydroxyl groups is 5. The molecule has 3 rings (SSSR count). The molecular formula is C22H24O13. The highest BCUT2D eigenvalue weighted by molar-refractivity contribution is 5.98. The number of hydrogen-bond donors (Lipinski definition) is 7. The van der Waals surface area contributed by atoms with E-state index in [9.17, 15) is 45.3 Å². The number of carbonyl (C=O) groups is 2. The number of aliphatic hydroxyl groups is 2. The monoisotopic (exact) mass is 496 g/mol. The molecule has 13 nitrogen and oxygen atoms in total. The number of fused-ring (bicyclic) bond motifs is 2. The van der Waals surface area contributed by atoms with Crippen LogP contribution in [-0.2, 0) is 9.47 Å². The molecule has 13 heteroatoms. The van der Waals surface area contributed by atoms with Gasteiger partial charge in [0.15, 0.2) is 23.0 Å². The summed E-state index contributed by atoms with van der Waals surface area (Å²) in [6.45, 7) is 2.34. The Balaban J connectivity index is 2.30. The first-order valence-electron chi connectivity index (χ1n) is 10.1. The van der Waals surface area contributed by atoms with Crippen LogP contribution in [0.4, 0.5) is 0 Å². The van der Waals surface area contributed by atoms with Crippen molar-refractivity contribution in [3.63, 3.8) is 0 Å². The van der Waals surface area contributed by atoms with Crippen molar-refractivity contribution in [2.75, 3.05) is 14.2 Å². The number of ether oxygens (including phenoxy) is 4. The number of esters is 2. The summed E-state index contributed by atoms with van der Waals surface area (Å²) in [5.74, 6) is -8.50. The highest BCUT2D eigenvalue weighted by Crippen LogP contribution is 2.51. The van der Waals surface area contributed by atoms with E-state index in [1.807, 2.05) is 0 Å². The molecule has 2 aromatic rings. The molecule has 190 valence electrons. The van der Waals surface area contributed by atoms with E-state index in [1.54, 1.807) is 0 Å². The maximum absolute atomic E-state index is 13.0. The van der Waals surface area contributed by atoms with Gasteiger partial charge >= 0.3 is 11.9 Å². The van der Waals surface area contributed by atoms with Crippen molar-refractivity contribution in [3.8, 4) is 40.2 Å². The molecule has 1 aliphatic rings. The van der Waals surface area contributed by atoms with Crippen LogP contribution in [-0.4, -0.2) is 74.1 Å². The standard InChI is InChI=1S/C22H24O13/c1-6-13(24)8-5-9(23)19(32-3)16(27)10(8)21(30)35-7(2)14(25)11-12(22(31)34-6)17(28)20(33-4)18(29)15(11)26/h5-7,13-14,23-29H,1-4H3/t6-,7+,13+,14-/m0/s1. The Morgan fingerprint density at radius 3 is 1.74 bits per heavy atom. The van der Waals surface area contributed by atoms with Crippen LogP contribution < -0.4 is 9.47 Å². The lowest BCUT2D eigenvalue weighted by atomic mass is 9.94. The number of cyclic esters (lactones) is 2. The third-order valence-electron chi connectivity index (χ3n) is 5.59. The zero-order chi connectivity index (χ0) is 26.4. The number of methoxy groups -OCH3 is 2. The number of phenols is 5. The fourth-order valence-corrected chi connectivity index (χ4v) is 3.77. The van der Waals surface area contributed by atoms with E-state index in [0.717, 1.165) is 27.2 Å². The predicted octanol–water partition coefficient (Wildman–Crippen LogP) is 1.10. The van der Waals surface area contributed by atoms with Crippen LogP contribution in [0.5, 0.6) is 40.2 Å². The van der Waals surface area contributed by atoms with Crippen LogP contribution >= 0.6 is 0 Å². The van der Waals surface area contributed by atoms with Crippen LogP contribution in [0, 0.1) is 0 Å². The molecule has 0 radical (unpaired) electrons. The zero-order valence-corrected chi connectivity index (χ0v) is 19.0. The van der Waals surface area contributed by atoms with Gasteiger partial charge in [0.2, 0.25) is 17.2 Å². The maximum atomic E-state index is 13.0. The van der Waals surface area contributed by atoms with Gasteiger partial charge < -0.3 is 54.7 Å². The molecule has 35 heavy (non-hydrogen) atoms. The maximum Gasteiger partial charge on any atom is 0.342 e. The first-order chi connectivity index (χ1) is 16.4. The summed E-state index contributed by atoms with van der Waals surface area (Å²) in [6, 6.07) is 0.898. The number of phenolic OH excluding ortho intramolecular Hbond substituents is 5. The van der Waals surface area contributed by atoms with E-state index in [4.69, 9.17) is 18.9 Å². The Bertz CT molecular complexity index is 1190. The van der Waals surface area contributed by atoms with Crippen LogP contribution in [0.1, 0.15) is 57.9 Å². The summed E-state index contributed by atoms with van der Waals surface area (Å²) in [5.41, 5.74) is -2.63. The molecule has 0 fully saturated rings. The average Bonchev–Trinajstić information content (AvgIpc) is 2.79. The van der Waals surface area contributed by atoms with Gasteiger partial charge in [-0.05, 0) is 19.9 Å². The molecule has 0 spiro atoms. The van der Waals surface area contributed by atoms with E-state index >= 15 is 0 Å². The van der Waals surface area contributed by atoms with Gasteiger partial charge in [-0.25, -0.2) is 9.59 Å². The Morgan fingerprint density at radius 2 is 1.20 bits per heavy atom. The number of carbonyl (C=O) groups excluding carboxylic acids is 2. The third kappa shape index (κ3) is 4.04. The molecule has 0 aliphatic carbocycles. The second-order valence-electron chi connectivity index (χ2n) is 7.72. The molecule has 2 aromatic carbocycles. The largest absolute Gasteiger partial charge is 0.504 e. The molecule has 0 aromatic heterocycles. The highest BCUT2D eigenvalue weighted by Gasteiger charge is 2.39. The van der Waals surface area contributed by atoms with Gasteiger partial charge in [-0.2, -0.15) is 0 Å². The van der Waals surface area contributed by atoms with E-state index < -0.39 is 98.9 Å². The van der Waals surface area contributed by atoms with Crippen LogP contribution in [0.25, 0.3) is 0 Å². The lowest BCUT2D eigenvalue weighted by molar-refractivity contribution is -0.0220. The van der Waals surface area contributed by atoms with Gasteiger partial charge in [-0.1, -0.05) is 0 Å². The summed E-state index contributed by atoms with van der Waals surface area (Å²) in [6.07, 6.45) is -6.92. The van der Waals surface area contributed by atoms with Gasteiger partial charge in [-0.3, -0.25) is 0 Å². The SMILES string of the molecule is COc1c(O)cc2c(c1O)C(=O)O[C@H](C)[C@H](O)c1c(O)c(O)c(OC)c(O)c1C(=O)O[C@@H](C)[C@H]2O. The van der Waals surface area contributed by atoms with Crippen molar-refractivity contribution in [2.45, 2.75) is 38.3 Å². The number of hydrogen-bond acceptors (Lipinski definition) is 13. The zero-order valence-electron chi connectivity index (χ0n) is 19.0. The fraction of sp³-hybridized carbons (Fsp3) is 0.364. The quantitative estimate of drug-likeness (QED) is 0.176. The van der Waals surface area contributed by atoms with E-state index in [-0.39, 0.29) is 0 Å². The van der Waals surface area contributed by atoms with Crippen LogP contribution in [0.2, 0.25) is 0 Å². The van der Waals surface area contributed by atoms with E-state index in [0.29, 0.717) is 0 Å². The highest BCUT2D eigenvalue weighted by atomic mass is 16.6. The van der Waals surface area contributed by atoms with Gasteiger partial charge in [-0.15, -0.1) is 0 Å². The molecule has 0 amide bonds. The van der Waals surface area contributed by atoms with Gasteiger partial charge in [0.05, 0.1) is 14.2 Å². The molecule has 1 heterocycles. The van der Waals surface area contributed by atoms with Gasteiger partial charge in [0, 0.05) is 11.1 Å². The average molecular weight is 496 g/mol. The number of benzene rings is 2. The number of rotatable bonds is 2. The smallest absolute Gasteiger partial charge is 0.342 e. The van der Waals surface area contributed by atoms with E-state index in [1.165, 1.54) is 6.92 Å². The molecular weight excluding hydrogens is 472 g/mol. The normalized spacial score (nSPS) is 22.6. The van der Waals surface area contributed by atoms with Crippen LogP contribution in [0.15, 0.2) is 6.07 Å². The first-order valence-corrected chi connectivity index (χ1v) is 10.1. The Labute approximate surface area is 197 Å². The minimum absolute atomic E-state index is 0.399. The topological polar surface area (TPSA) is 213 Å². The van der Waals surface area contributed by atoms with Crippen LogP contribution in [0.3, 0.4) is 0 Å². The third-order valence-corrected chi connectivity index (χ3v) is 5.59.